The number of aliphatic hydroxyl groups is 1. The maximum atomic E-state index is 11.2. The number of anilines is 1. The van der Waals surface area contributed by atoms with E-state index < -0.39 is 5.97 Å². The molecule has 0 saturated carbocycles. The Bertz CT molecular complexity index is 593. The number of hydrogen-bond acceptors (Lipinski definition) is 5. The Kier molecular flexibility index (Phi) is 3.15. The number of aryl methyl sites for hydroxylation is 1. The number of hydrogen-bond donors (Lipinski definition) is 3. The van der Waals surface area contributed by atoms with Crippen molar-refractivity contribution >= 4 is 22.7 Å². The Balaban J connectivity index is 2.62. The second-order valence-corrected chi connectivity index (χ2v) is 4.09. The minimum Gasteiger partial charge on any atom is -0.478 e. The molecule has 0 radical (unpaired) electrons. The lowest BCUT2D eigenvalue weighted by Gasteiger charge is -2.15. The molecule has 0 amide bonds. The van der Waals surface area contributed by atoms with Crippen molar-refractivity contribution in [3.05, 3.63) is 18.0 Å². The molecule has 0 saturated heterocycles. The molecule has 3 N–H and O–H groups in total. The van der Waals surface area contributed by atoms with E-state index in [0.29, 0.717) is 16.7 Å². The number of fused-ring (bicyclic) bond motifs is 1. The van der Waals surface area contributed by atoms with Gasteiger partial charge in [0.25, 0.3) is 0 Å². The van der Waals surface area contributed by atoms with Gasteiger partial charge in [-0.2, -0.15) is 5.10 Å². The van der Waals surface area contributed by atoms with E-state index in [2.05, 4.69) is 15.4 Å². The molecule has 0 aliphatic rings. The summed E-state index contributed by atoms with van der Waals surface area (Å²) < 4.78 is 1.57. The lowest BCUT2D eigenvalue weighted by molar-refractivity contribution is 0.0697. The van der Waals surface area contributed by atoms with Gasteiger partial charge >= 0.3 is 5.97 Å². The van der Waals surface area contributed by atoms with Gasteiger partial charge < -0.3 is 15.5 Å². The van der Waals surface area contributed by atoms with Crippen LogP contribution in [0.4, 0.5) is 5.69 Å². The molecule has 2 heterocycles. The molecule has 7 nitrogen and oxygen atoms in total. The first-order chi connectivity index (χ1) is 8.54. The van der Waals surface area contributed by atoms with Crippen molar-refractivity contribution in [2.45, 2.75) is 13.0 Å². The lowest BCUT2D eigenvalue weighted by Crippen LogP contribution is -2.21. The number of nitrogens with zero attached hydrogens (tertiary/aromatic N) is 3. The maximum Gasteiger partial charge on any atom is 0.339 e. The third-order valence-corrected chi connectivity index (χ3v) is 2.66. The number of aromatic nitrogens is 3. The summed E-state index contributed by atoms with van der Waals surface area (Å²) in [7, 11) is 1.73. The molecule has 7 heteroatoms. The number of pyridine rings is 1. The van der Waals surface area contributed by atoms with Crippen LogP contribution in [0.3, 0.4) is 0 Å². The highest BCUT2D eigenvalue weighted by Gasteiger charge is 2.17. The van der Waals surface area contributed by atoms with Crippen molar-refractivity contribution in [2.75, 3.05) is 11.9 Å². The second-order valence-electron chi connectivity index (χ2n) is 4.09. The topological polar surface area (TPSA) is 100 Å². The third kappa shape index (κ3) is 2.00. The molecule has 0 aliphatic heterocycles. The van der Waals surface area contributed by atoms with E-state index in [4.69, 9.17) is 10.2 Å². The van der Waals surface area contributed by atoms with Gasteiger partial charge in [-0.3, -0.25) is 4.68 Å². The monoisotopic (exact) mass is 250 g/mol. The predicted octanol–water partition coefficient (Wildman–Crippen LogP) is 0.459. The molecule has 18 heavy (non-hydrogen) atoms. The summed E-state index contributed by atoms with van der Waals surface area (Å²) in [5, 5.41) is 25.8. The molecule has 0 aromatic carbocycles. The van der Waals surface area contributed by atoms with Crippen molar-refractivity contribution in [1.82, 2.24) is 14.8 Å². The van der Waals surface area contributed by atoms with Gasteiger partial charge in [0.2, 0.25) is 0 Å². The predicted molar refractivity (Wildman–Crippen MR) is 65.6 cm³/mol. The zero-order valence-electron chi connectivity index (χ0n) is 10.1. The molecule has 0 aliphatic carbocycles. The van der Waals surface area contributed by atoms with Gasteiger partial charge in [-0.05, 0) is 6.92 Å². The molecule has 0 fully saturated rings. The Hall–Kier alpha value is -2.15. The fraction of sp³-hybridized carbons (Fsp3) is 0.364. The molecule has 2 rings (SSSR count). The molecular weight excluding hydrogens is 236 g/mol. The third-order valence-electron chi connectivity index (χ3n) is 2.66. The number of carboxylic acids is 1. The van der Waals surface area contributed by atoms with Crippen molar-refractivity contribution in [3.63, 3.8) is 0 Å². The molecule has 2 aromatic rings. The summed E-state index contributed by atoms with van der Waals surface area (Å²) in [4.78, 5) is 15.2. The first-order valence-corrected chi connectivity index (χ1v) is 5.46. The summed E-state index contributed by atoms with van der Waals surface area (Å²) in [5.41, 5.74) is 1.09. The Morgan fingerprint density at radius 2 is 2.28 bits per heavy atom. The van der Waals surface area contributed by atoms with Crippen molar-refractivity contribution in [1.29, 1.82) is 0 Å². The normalized spacial score (nSPS) is 12.6. The smallest absolute Gasteiger partial charge is 0.339 e. The van der Waals surface area contributed by atoms with E-state index in [-0.39, 0.29) is 18.2 Å². The van der Waals surface area contributed by atoms with E-state index in [1.165, 1.54) is 6.20 Å². The largest absolute Gasteiger partial charge is 0.478 e. The fourth-order valence-corrected chi connectivity index (χ4v) is 1.71. The highest BCUT2D eigenvalue weighted by molar-refractivity contribution is 6.03. The number of aliphatic hydroxyl groups excluding tert-OH is 1. The van der Waals surface area contributed by atoms with Gasteiger partial charge in [0.05, 0.1) is 23.9 Å². The van der Waals surface area contributed by atoms with E-state index in [1.54, 1.807) is 24.9 Å². The van der Waals surface area contributed by atoms with Crippen LogP contribution >= 0.6 is 0 Å². The summed E-state index contributed by atoms with van der Waals surface area (Å²) in [6.45, 7) is 1.66. The summed E-state index contributed by atoms with van der Waals surface area (Å²) in [6, 6.07) is -0.256. The molecule has 1 atom stereocenters. The highest BCUT2D eigenvalue weighted by Crippen LogP contribution is 2.26. The van der Waals surface area contributed by atoms with Gasteiger partial charge in [-0.1, -0.05) is 0 Å². The van der Waals surface area contributed by atoms with E-state index in [0.717, 1.165) is 0 Å². The van der Waals surface area contributed by atoms with Crippen LogP contribution in [0.25, 0.3) is 11.0 Å². The van der Waals surface area contributed by atoms with Crippen LogP contribution in [-0.2, 0) is 7.05 Å². The fourth-order valence-electron chi connectivity index (χ4n) is 1.71. The quantitative estimate of drug-likeness (QED) is 0.728. The van der Waals surface area contributed by atoms with Gasteiger partial charge in [0.1, 0.15) is 5.56 Å². The summed E-state index contributed by atoms with van der Waals surface area (Å²) >= 11 is 0. The molecule has 0 bridgehead atoms. The Morgan fingerprint density at radius 1 is 1.56 bits per heavy atom. The zero-order chi connectivity index (χ0) is 13.3. The van der Waals surface area contributed by atoms with Crippen molar-refractivity contribution in [2.24, 2.45) is 7.05 Å². The first-order valence-electron chi connectivity index (χ1n) is 5.46. The highest BCUT2D eigenvalue weighted by atomic mass is 16.4. The van der Waals surface area contributed by atoms with Crippen LogP contribution in [0, 0.1) is 0 Å². The minimum atomic E-state index is -1.07. The number of aromatic carboxylic acids is 1. The minimum absolute atomic E-state index is 0.0656. The van der Waals surface area contributed by atoms with Crippen molar-refractivity contribution < 1.29 is 15.0 Å². The van der Waals surface area contributed by atoms with E-state index in [1.807, 2.05) is 0 Å². The van der Waals surface area contributed by atoms with Crippen LogP contribution in [0.1, 0.15) is 17.3 Å². The standard InChI is InChI=1S/C11H14N4O3/c1-6(5-16)14-9-7-4-13-15(2)10(7)12-3-8(9)11(17)18/h3-4,6,16H,5H2,1-2H3,(H,12,14)(H,17,18). The van der Waals surface area contributed by atoms with Gasteiger partial charge in [0.15, 0.2) is 5.65 Å². The number of nitrogens with one attached hydrogen (secondary N) is 1. The molecular formula is C11H14N4O3. The van der Waals surface area contributed by atoms with Crippen LogP contribution in [0.5, 0.6) is 0 Å². The average Bonchev–Trinajstić information content (AvgIpc) is 2.71. The van der Waals surface area contributed by atoms with E-state index >= 15 is 0 Å². The summed E-state index contributed by atoms with van der Waals surface area (Å²) in [5.74, 6) is -1.07. The SMILES string of the molecule is CC(CO)Nc1c(C(=O)O)cnc2c1cnn2C. The van der Waals surface area contributed by atoms with Crippen molar-refractivity contribution in [3.8, 4) is 0 Å². The number of rotatable bonds is 4. The van der Waals surface area contributed by atoms with E-state index in [9.17, 15) is 4.79 Å². The molecule has 96 valence electrons. The molecule has 2 aromatic heterocycles. The Labute approximate surface area is 103 Å². The van der Waals surface area contributed by atoms with Gasteiger partial charge in [0, 0.05) is 19.3 Å². The first kappa shape index (κ1) is 12.3. The van der Waals surface area contributed by atoms with Crippen LogP contribution in [0.2, 0.25) is 0 Å². The number of carboxylic acid groups (broad SMARTS) is 1. The number of carbonyl (C=O) groups is 1. The van der Waals surface area contributed by atoms with Crippen LogP contribution in [-0.4, -0.2) is 43.6 Å². The van der Waals surface area contributed by atoms with Crippen LogP contribution < -0.4 is 5.32 Å². The van der Waals surface area contributed by atoms with Gasteiger partial charge in [-0.15, -0.1) is 0 Å². The van der Waals surface area contributed by atoms with Gasteiger partial charge in [-0.25, -0.2) is 9.78 Å². The Morgan fingerprint density at radius 3 is 2.89 bits per heavy atom. The molecule has 1 unspecified atom stereocenters. The average molecular weight is 250 g/mol. The lowest BCUT2D eigenvalue weighted by atomic mass is 10.1. The maximum absolute atomic E-state index is 11.2. The summed E-state index contributed by atoms with van der Waals surface area (Å²) in [6.07, 6.45) is 2.85. The molecule has 0 spiro atoms. The van der Waals surface area contributed by atoms with Crippen LogP contribution in [0.15, 0.2) is 12.4 Å². The zero-order valence-corrected chi connectivity index (χ0v) is 10.1. The second kappa shape index (κ2) is 4.61.